The first kappa shape index (κ1) is 19.3. The Labute approximate surface area is 158 Å². The number of piperidine rings is 1. The molecule has 0 unspecified atom stereocenters. The van der Waals surface area contributed by atoms with Gasteiger partial charge in [-0.3, -0.25) is 4.90 Å². The molecule has 1 saturated heterocycles. The molecule has 0 saturated carbocycles. The molecule has 6 heteroatoms. The van der Waals surface area contributed by atoms with Crippen molar-refractivity contribution in [2.24, 2.45) is 0 Å². The summed E-state index contributed by atoms with van der Waals surface area (Å²) < 4.78 is 12.3. The highest BCUT2D eigenvalue weighted by Gasteiger charge is 2.24. The Morgan fingerprint density at radius 1 is 1.42 bits per heavy atom. The lowest BCUT2D eigenvalue weighted by Crippen LogP contribution is -2.49. The molecule has 1 atom stereocenters. The summed E-state index contributed by atoms with van der Waals surface area (Å²) in [5.41, 5.74) is -0.459. The predicted octanol–water partition coefficient (Wildman–Crippen LogP) is 3.66. The van der Waals surface area contributed by atoms with Crippen molar-refractivity contribution in [2.75, 3.05) is 26.2 Å². The molecule has 0 aromatic heterocycles. The Kier molecular flexibility index (Phi) is 7.16. The maximum Gasteiger partial charge on any atom is 0.407 e. The van der Waals surface area contributed by atoms with E-state index in [9.17, 15) is 4.79 Å². The minimum atomic E-state index is -0.459. The fourth-order valence-corrected chi connectivity index (χ4v) is 3.21. The molecule has 1 N–H and O–H groups in total. The number of hydrogen-bond acceptors (Lipinski definition) is 4. The number of nitrogens with one attached hydrogen (secondary N) is 1. The number of carbonyl (C=O) groups is 1. The molecule has 1 fully saturated rings. The van der Waals surface area contributed by atoms with Crippen molar-refractivity contribution in [3.63, 3.8) is 0 Å². The maximum absolute atomic E-state index is 11.9. The van der Waals surface area contributed by atoms with E-state index in [2.05, 4.69) is 32.8 Å². The molecule has 1 amide bonds. The Hall–Kier alpha value is -1.02. The number of hydrogen-bond donors (Lipinski definition) is 1. The third-order valence-corrected chi connectivity index (χ3v) is 4.37. The van der Waals surface area contributed by atoms with Gasteiger partial charge in [-0.1, -0.05) is 6.07 Å². The molecule has 0 bridgehead atoms. The summed E-state index contributed by atoms with van der Waals surface area (Å²) >= 11 is 2.28. The SMILES string of the molecule is CC(C)(C)OC(=O)N[C@@H]1CCCN(CCOc2cccc(I)c2)C1. The third-order valence-electron chi connectivity index (χ3n) is 3.70. The highest BCUT2D eigenvalue weighted by Crippen LogP contribution is 2.15. The van der Waals surface area contributed by atoms with E-state index in [1.165, 1.54) is 3.57 Å². The van der Waals surface area contributed by atoms with Crippen LogP contribution in [0.25, 0.3) is 0 Å². The minimum Gasteiger partial charge on any atom is -0.492 e. The van der Waals surface area contributed by atoms with Crippen molar-refractivity contribution in [2.45, 2.75) is 45.3 Å². The largest absolute Gasteiger partial charge is 0.492 e. The van der Waals surface area contributed by atoms with Crippen molar-refractivity contribution >= 4 is 28.7 Å². The fraction of sp³-hybridized carbons (Fsp3) is 0.611. The van der Waals surface area contributed by atoms with Gasteiger partial charge in [-0.25, -0.2) is 4.79 Å². The Morgan fingerprint density at radius 2 is 2.21 bits per heavy atom. The van der Waals surface area contributed by atoms with Gasteiger partial charge in [0.25, 0.3) is 0 Å². The highest BCUT2D eigenvalue weighted by atomic mass is 127. The van der Waals surface area contributed by atoms with Crippen LogP contribution in [-0.2, 0) is 4.74 Å². The van der Waals surface area contributed by atoms with Crippen LogP contribution < -0.4 is 10.1 Å². The molecule has 0 radical (unpaired) electrons. The van der Waals surface area contributed by atoms with E-state index in [0.717, 1.165) is 38.2 Å². The van der Waals surface area contributed by atoms with E-state index in [4.69, 9.17) is 9.47 Å². The molecule has 1 heterocycles. The second-order valence-electron chi connectivity index (χ2n) is 7.09. The Balaban J connectivity index is 1.72. The van der Waals surface area contributed by atoms with Gasteiger partial charge in [-0.2, -0.15) is 0 Å². The summed E-state index contributed by atoms with van der Waals surface area (Å²) in [5.74, 6) is 0.905. The van der Waals surface area contributed by atoms with Crippen molar-refractivity contribution < 1.29 is 14.3 Å². The Morgan fingerprint density at radius 3 is 2.92 bits per heavy atom. The van der Waals surface area contributed by atoms with Gasteiger partial charge < -0.3 is 14.8 Å². The number of alkyl carbamates (subject to hydrolysis) is 1. The average Bonchev–Trinajstić information content (AvgIpc) is 2.45. The number of benzene rings is 1. The molecule has 1 aliphatic rings. The quantitative estimate of drug-likeness (QED) is 0.702. The van der Waals surface area contributed by atoms with Gasteiger partial charge in [0.2, 0.25) is 0 Å². The van der Waals surface area contributed by atoms with Crippen LogP contribution in [0.5, 0.6) is 5.75 Å². The van der Waals surface area contributed by atoms with E-state index in [0.29, 0.717) is 6.61 Å². The van der Waals surface area contributed by atoms with Crippen LogP contribution in [0.2, 0.25) is 0 Å². The second kappa shape index (κ2) is 8.89. The van der Waals surface area contributed by atoms with Crippen molar-refractivity contribution in [1.82, 2.24) is 10.2 Å². The minimum absolute atomic E-state index is 0.145. The second-order valence-corrected chi connectivity index (χ2v) is 8.34. The first-order chi connectivity index (χ1) is 11.3. The van der Waals surface area contributed by atoms with Crippen molar-refractivity contribution in [3.8, 4) is 5.75 Å². The highest BCUT2D eigenvalue weighted by molar-refractivity contribution is 14.1. The van der Waals surface area contributed by atoms with E-state index in [1.54, 1.807) is 0 Å². The number of likely N-dealkylation sites (tertiary alicyclic amines) is 1. The zero-order valence-corrected chi connectivity index (χ0v) is 16.8. The monoisotopic (exact) mass is 446 g/mol. The lowest BCUT2D eigenvalue weighted by molar-refractivity contribution is 0.0469. The molecule has 1 aliphatic heterocycles. The molecule has 1 aromatic carbocycles. The van der Waals surface area contributed by atoms with E-state index in [1.807, 2.05) is 45.0 Å². The topological polar surface area (TPSA) is 50.8 Å². The normalized spacial score (nSPS) is 18.9. The van der Waals surface area contributed by atoms with Crippen molar-refractivity contribution in [1.29, 1.82) is 0 Å². The molecular weight excluding hydrogens is 419 g/mol. The van der Waals surface area contributed by atoms with Crippen LogP contribution in [0.4, 0.5) is 4.79 Å². The van der Waals surface area contributed by atoms with Gasteiger partial charge in [-0.15, -0.1) is 0 Å². The van der Waals surface area contributed by atoms with Crippen LogP contribution in [0.1, 0.15) is 33.6 Å². The molecule has 5 nitrogen and oxygen atoms in total. The molecule has 2 rings (SSSR count). The number of nitrogens with zero attached hydrogens (tertiary/aromatic N) is 1. The van der Waals surface area contributed by atoms with Gasteiger partial charge >= 0.3 is 6.09 Å². The third kappa shape index (κ3) is 7.25. The summed E-state index contributed by atoms with van der Waals surface area (Å²) in [5, 5.41) is 2.98. The number of amides is 1. The van der Waals surface area contributed by atoms with Crippen molar-refractivity contribution in [3.05, 3.63) is 27.8 Å². The summed E-state index contributed by atoms with van der Waals surface area (Å²) in [7, 11) is 0. The van der Waals surface area contributed by atoms with E-state index in [-0.39, 0.29) is 12.1 Å². The maximum atomic E-state index is 11.9. The van der Waals surface area contributed by atoms with Crippen LogP contribution in [0, 0.1) is 3.57 Å². The van der Waals surface area contributed by atoms with Gasteiger partial charge in [0, 0.05) is 22.7 Å². The van der Waals surface area contributed by atoms with E-state index < -0.39 is 5.60 Å². The Bertz CT molecular complexity index is 545. The van der Waals surface area contributed by atoms with Crippen LogP contribution in [0.15, 0.2) is 24.3 Å². The number of rotatable bonds is 5. The first-order valence-electron chi connectivity index (χ1n) is 8.42. The van der Waals surface area contributed by atoms with Crippen LogP contribution >= 0.6 is 22.6 Å². The lowest BCUT2D eigenvalue weighted by Gasteiger charge is -2.33. The summed E-state index contributed by atoms with van der Waals surface area (Å²) in [6.45, 7) is 9.03. The molecule has 24 heavy (non-hydrogen) atoms. The van der Waals surface area contributed by atoms with Gasteiger partial charge in [0.15, 0.2) is 0 Å². The smallest absolute Gasteiger partial charge is 0.407 e. The molecule has 0 spiro atoms. The van der Waals surface area contributed by atoms with Gasteiger partial charge in [0.05, 0.1) is 0 Å². The molecule has 0 aliphatic carbocycles. The zero-order chi connectivity index (χ0) is 17.6. The molecule has 1 aromatic rings. The van der Waals surface area contributed by atoms with Gasteiger partial charge in [0.1, 0.15) is 18.0 Å². The summed E-state index contributed by atoms with van der Waals surface area (Å²) in [4.78, 5) is 14.2. The van der Waals surface area contributed by atoms with Gasteiger partial charge in [-0.05, 0) is 80.9 Å². The molecule has 134 valence electrons. The lowest BCUT2D eigenvalue weighted by atomic mass is 10.1. The first-order valence-corrected chi connectivity index (χ1v) is 9.50. The number of carbonyl (C=O) groups excluding carboxylic acids is 1. The van der Waals surface area contributed by atoms with Crippen LogP contribution in [0.3, 0.4) is 0 Å². The number of halogens is 1. The molecular formula is C18H27IN2O3. The van der Waals surface area contributed by atoms with Crippen LogP contribution in [-0.4, -0.2) is 48.9 Å². The summed E-state index contributed by atoms with van der Waals surface area (Å²) in [6.07, 6.45) is 1.74. The standard InChI is InChI=1S/C18H27IN2O3/c1-18(2,3)24-17(22)20-15-7-5-9-21(13-15)10-11-23-16-8-4-6-14(19)12-16/h4,6,8,12,15H,5,7,9-11,13H2,1-3H3,(H,20,22)/t15-/m1/s1. The number of ether oxygens (including phenoxy) is 2. The van der Waals surface area contributed by atoms with E-state index >= 15 is 0 Å². The fourth-order valence-electron chi connectivity index (χ4n) is 2.70. The zero-order valence-electron chi connectivity index (χ0n) is 14.7. The average molecular weight is 446 g/mol. The predicted molar refractivity (Wildman–Crippen MR) is 103 cm³/mol. The summed E-state index contributed by atoms with van der Waals surface area (Å²) in [6, 6.07) is 8.20.